The van der Waals surface area contributed by atoms with Crippen LogP contribution in [0.15, 0.2) is 18.2 Å². The second kappa shape index (κ2) is 11.1. The molecule has 0 aliphatic heterocycles. The number of rotatable bonds is 7. The minimum absolute atomic E-state index is 0.107. The van der Waals surface area contributed by atoms with Crippen LogP contribution in [0.25, 0.3) is 0 Å². The summed E-state index contributed by atoms with van der Waals surface area (Å²) in [7, 11) is 0. The number of carbonyl (C=O) groups excluding carboxylic acids is 2. The summed E-state index contributed by atoms with van der Waals surface area (Å²) in [6.45, 7) is 0. The summed E-state index contributed by atoms with van der Waals surface area (Å²) in [4.78, 5) is 25.3. The van der Waals surface area contributed by atoms with Crippen LogP contribution in [0.1, 0.15) is 55.3 Å². The number of thioether (sulfide) groups is 1. The van der Waals surface area contributed by atoms with Crippen molar-refractivity contribution in [2.45, 2.75) is 57.0 Å². The van der Waals surface area contributed by atoms with Gasteiger partial charge >= 0.3 is 0 Å². The lowest BCUT2D eigenvalue weighted by atomic mass is 10.1. The molecule has 26 heavy (non-hydrogen) atoms. The zero-order chi connectivity index (χ0) is 18.9. The number of amides is 2. The fourth-order valence-corrected chi connectivity index (χ4v) is 4.11. The van der Waals surface area contributed by atoms with E-state index in [1.54, 1.807) is 23.9 Å². The molecule has 0 bridgehead atoms. The summed E-state index contributed by atoms with van der Waals surface area (Å²) < 4.78 is 0. The number of halogens is 2. The Labute approximate surface area is 169 Å². The van der Waals surface area contributed by atoms with Crippen LogP contribution in [0.4, 0.5) is 0 Å². The van der Waals surface area contributed by atoms with Gasteiger partial charge in [-0.15, -0.1) is 0 Å². The van der Waals surface area contributed by atoms with Crippen molar-refractivity contribution in [3.8, 4) is 0 Å². The van der Waals surface area contributed by atoms with Gasteiger partial charge < -0.3 is 10.6 Å². The molecule has 7 heteroatoms. The second-order valence-electron chi connectivity index (χ2n) is 6.63. The molecule has 0 radical (unpaired) electrons. The van der Waals surface area contributed by atoms with Gasteiger partial charge in [0, 0.05) is 11.1 Å². The van der Waals surface area contributed by atoms with Gasteiger partial charge in [0.15, 0.2) is 0 Å². The fraction of sp³-hybridized carbons (Fsp3) is 0.579. The summed E-state index contributed by atoms with van der Waals surface area (Å²) in [5, 5.41) is 6.72. The highest BCUT2D eigenvalue weighted by atomic mass is 35.5. The Morgan fingerprint density at radius 3 is 2.50 bits per heavy atom. The molecule has 2 N–H and O–H groups in total. The molecular formula is C19H26Cl2N2O2S. The van der Waals surface area contributed by atoms with Gasteiger partial charge in [0.05, 0.1) is 10.6 Å². The van der Waals surface area contributed by atoms with Crippen LogP contribution in [0.2, 0.25) is 10.0 Å². The Kier molecular flexibility index (Phi) is 9.09. The van der Waals surface area contributed by atoms with Gasteiger partial charge in [-0.25, -0.2) is 0 Å². The standard InChI is InChI=1S/C19H26Cl2N2O2S/c1-26-11-10-17(19(25)22-14-6-4-2-3-5-7-14)23-18(24)15-9-8-13(20)12-16(15)21/h8-9,12,14,17H,2-7,10-11H2,1H3,(H,22,25)(H,23,24)/t17-/m0/s1. The Hall–Kier alpha value is -0.910. The topological polar surface area (TPSA) is 58.2 Å². The predicted molar refractivity (Wildman–Crippen MR) is 110 cm³/mol. The molecule has 2 amide bonds. The average Bonchev–Trinajstić information content (AvgIpc) is 2.86. The maximum atomic E-state index is 12.7. The summed E-state index contributed by atoms with van der Waals surface area (Å²) >= 11 is 13.7. The highest BCUT2D eigenvalue weighted by Gasteiger charge is 2.24. The van der Waals surface area contributed by atoms with Gasteiger partial charge in [-0.05, 0) is 49.5 Å². The Balaban J connectivity index is 2.02. The SMILES string of the molecule is CSCC[C@H](NC(=O)c1ccc(Cl)cc1Cl)C(=O)NC1CCCCCC1. The van der Waals surface area contributed by atoms with Gasteiger partial charge in [-0.1, -0.05) is 48.9 Å². The first kappa shape index (κ1) is 21.4. The van der Waals surface area contributed by atoms with Crippen molar-refractivity contribution in [1.82, 2.24) is 10.6 Å². The predicted octanol–water partition coefficient (Wildman–Crippen LogP) is 4.68. The van der Waals surface area contributed by atoms with Crippen LogP contribution >= 0.6 is 35.0 Å². The second-order valence-corrected chi connectivity index (χ2v) is 8.46. The van der Waals surface area contributed by atoms with Crippen LogP contribution in [-0.2, 0) is 4.79 Å². The maximum absolute atomic E-state index is 12.7. The molecule has 0 heterocycles. The van der Waals surface area contributed by atoms with E-state index in [2.05, 4.69) is 10.6 Å². The molecule has 0 unspecified atom stereocenters. The minimum Gasteiger partial charge on any atom is -0.352 e. The van der Waals surface area contributed by atoms with Crippen LogP contribution in [0.3, 0.4) is 0 Å². The molecule has 1 saturated carbocycles. The quantitative estimate of drug-likeness (QED) is 0.634. The zero-order valence-corrected chi connectivity index (χ0v) is 17.4. The van der Waals surface area contributed by atoms with E-state index >= 15 is 0 Å². The van der Waals surface area contributed by atoms with Gasteiger partial charge in [-0.3, -0.25) is 9.59 Å². The molecule has 2 rings (SSSR count). The third-order valence-corrected chi connectivity index (χ3v) is 5.80. The zero-order valence-electron chi connectivity index (χ0n) is 15.0. The van der Waals surface area contributed by atoms with E-state index < -0.39 is 6.04 Å². The van der Waals surface area contributed by atoms with Crippen molar-refractivity contribution >= 4 is 46.8 Å². The van der Waals surface area contributed by atoms with Crippen molar-refractivity contribution < 1.29 is 9.59 Å². The highest BCUT2D eigenvalue weighted by molar-refractivity contribution is 7.98. The monoisotopic (exact) mass is 416 g/mol. The van der Waals surface area contributed by atoms with Crippen molar-refractivity contribution in [2.24, 2.45) is 0 Å². The van der Waals surface area contributed by atoms with Crippen LogP contribution in [0, 0.1) is 0 Å². The third-order valence-electron chi connectivity index (χ3n) is 4.61. The molecule has 1 aromatic rings. The summed E-state index contributed by atoms with van der Waals surface area (Å²) in [5.74, 6) is 0.329. The molecular weight excluding hydrogens is 391 g/mol. The van der Waals surface area contributed by atoms with E-state index in [1.165, 1.54) is 18.9 Å². The molecule has 144 valence electrons. The van der Waals surface area contributed by atoms with Crippen LogP contribution in [0.5, 0.6) is 0 Å². The van der Waals surface area contributed by atoms with Crippen molar-refractivity contribution in [1.29, 1.82) is 0 Å². The maximum Gasteiger partial charge on any atom is 0.253 e. The number of hydrogen-bond acceptors (Lipinski definition) is 3. The minimum atomic E-state index is -0.565. The van der Waals surface area contributed by atoms with E-state index in [0.717, 1.165) is 31.4 Å². The lowest BCUT2D eigenvalue weighted by Crippen LogP contribution is -2.49. The summed E-state index contributed by atoms with van der Waals surface area (Å²) in [5.41, 5.74) is 0.326. The molecule has 0 aromatic heterocycles. The van der Waals surface area contributed by atoms with Gasteiger partial charge in [0.2, 0.25) is 5.91 Å². The molecule has 0 spiro atoms. The summed E-state index contributed by atoms with van der Waals surface area (Å²) in [6, 6.07) is 4.36. The highest BCUT2D eigenvalue weighted by Crippen LogP contribution is 2.21. The van der Waals surface area contributed by atoms with E-state index in [-0.39, 0.29) is 22.9 Å². The van der Waals surface area contributed by atoms with Crippen molar-refractivity contribution in [3.63, 3.8) is 0 Å². The molecule has 1 aliphatic carbocycles. The molecule has 1 atom stereocenters. The van der Waals surface area contributed by atoms with Crippen molar-refractivity contribution in [2.75, 3.05) is 12.0 Å². The first-order valence-electron chi connectivity index (χ1n) is 9.06. The fourth-order valence-electron chi connectivity index (χ4n) is 3.14. The number of hydrogen-bond donors (Lipinski definition) is 2. The molecule has 1 aliphatic rings. The van der Waals surface area contributed by atoms with Gasteiger partial charge in [0.25, 0.3) is 5.91 Å². The molecule has 1 aromatic carbocycles. The van der Waals surface area contributed by atoms with Crippen LogP contribution in [-0.4, -0.2) is 35.9 Å². The van der Waals surface area contributed by atoms with Crippen molar-refractivity contribution in [3.05, 3.63) is 33.8 Å². The van der Waals surface area contributed by atoms with E-state index in [1.807, 2.05) is 6.26 Å². The number of nitrogens with one attached hydrogen (secondary N) is 2. The molecule has 4 nitrogen and oxygen atoms in total. The normalized spacial score (nSPS) is 16.6. The smallest absolute Gasteiger partial charge is 0.253 e. The largest absolute Gasteiger partial charge is 0.352 e. The number of carbonyl (C=O) groups is 2. The third kappa shape index (κ3) is 6.67. The lowest BCUT2D eigenvalue weighted by Gasteiger charge is -2.23. The van der Waals surface area contributed by atoms with Gasteiger partial charge in [-0.2, -0.15) is 11.8 Å². The first-order chi connectivity index (χ1) is 12.5. The average molecular weight is 417 g/mol. The van der Waals surface area contributed by atoms with Crippen LogP contribution < -0.4 is 10.6 Å². The Bertz CT molecular complexity index is 620. The van der Waals surface area contributed by atoms with E-state index in [0.29, 0.717) is 17.0 Å². The van der Waals surface area contributed by atoms with E-state index in [9.17, 15) is 9.59 Å². The lowest BCUT2D eigenvalue weighted by molar-refractivity contribution is -0.123. The molecule has 0 saturated heterocycles. The summed E-state index contributed by atoms with van der Waals surface area (Å²) in [6.07, 6.45) is 9.34. The Morgan fingerprint density at radius 1 is 1.19 bits per heavy atom. The van der Waals surface area contributed by atoms with Gasteiger partial charge in [0.1, 0.15) is 6.04 Å². The number of benzene rings is 1. The first-order valence-corrected chi connectivity index (χ1v) is 11.2. The molecule has 1 fully saturated rings. The van der Waals surface area contributed by atoms with E-state index in [4.69, 9.17) is 23.2 Å². The Morgan fingerprint density at radius 2 is 1.88 bits per heavy atom.